The van der Waals surface area contributed by atoms with Crippen molar-refractivity contribution in [1.82, 2.24) is 20.1 Å². The molecule has 2 aromatic rings. The molecule has 0 amide bonds. The van der Waals surface area contributed by atoms with Crippen molar-refractivity contribution >= 4 is 29.2 Å². The van der Waals surface area contributed by atoms with Gasteiger partial charge in [0.15, 0.2) is 5.96 Å². The first kappa shape index (κ1) is 19.6. The average Bonchev–Trinajstić information content (AvgIpc) is 2.83. The van der Waals surface area contributed by atoms with Gasteiger partial charge in [0.25, 0.3) is 0 Å². The quantitative estimate of drug-likeness (QED) is 0.596. The van der Waals surface area contributed by atoms with Crippen molar-refractivity contribution in [2.45, 2.75) is 19.6 Å². The van der Waals surface area contributed by atoms with Crippen LogP contribution in [0.4, 0.5) is 0 Å². The molecule has 0 atom stereocenters. The fourth-order valence-electron chi connectivity index (χ4n) is 2.56. The Bertz CT molecular complexity index is 737. The minimum absolute atomic E-state index is 0.541. The molecular formula is C18H25Cl2N5. The van der Waals surface area contributed by atoms with Crippen molar-refractivity contribution in [2.75, 3.05) is 21.1 Å². The smallest absolute Gasteiger partial charge is 0.191 e. The number of aliphatic imine (C=N–C) groups is 1. The Morgan fingerprint density at radius 2 is 1.76 bits per heavy atom. The highest BCUT2D eigenvalue weighted by Gasteiger charge is 2.09. The van der Waals surface area contributed by atoms with Crippen molar-refractivity contribution in [2.24, 2.45) is 12.0 Å². The number of rotatable bonds is 6. The van der Waals surface area contributed by atoms with E-state index in [1.807, 2.05) is 17.7 Å². The third kappa shape index (κ3) is 5.39. The van der Waals surface area contributed by atoms with Crippen LogP contribution in [-0.2, 0) is 26.7 Å². The highest BCUT2D eigenvalue weighted by atomic mass is 35.5. The number of hydrogen-bond donors (Lipinski definition) is 2. The maximum absolute atomic E-state index is 6.10. The standard InChI is InChI=1S/C18H25Cl2N5/c1-21-18(23-11-15-9-16(19)17(20)25(15)4)22-10-13-7-5-6-8-14(13)12-24(2)3/h5-9H,10-12H2,1-4H3,(H2,21,22,23). The molecule has 25 heavy (non-hydrogen) atoms. The molecule has 2 rings (SSSR count). The normalized spacial score (nSPS) is 11.9. The second-order valence-electron chi connectivity index (χ2n) is 6.12. The van der Waals surface area contributed by atoms with Gasteiger partial charge in [0, 0.05) is 32.9 Å². The Kier molecular flexibility index (Phi) is 7.17. The van der Waals surface area contributed by atoms with Crippen molar-refractivity contribution in [3.05, 3.63) is 57.3 Å². The van der Waals surface area contributed by atoms with Crippen LogP contribution in [-0.4, -0.2) is 36.6 Å². The minimum atomic E-state index is 0.541. The molecule has 0 saturated heterocycles. The number of guanidine groups is 1. The third-order valence-corrected chi connectivity index (χ3v) is 4.77. The maximum Gasteiger partial charge on any atom is 0.191 e. The van der Waals surface area contributed by atoms with E-state index in [0.29, 0.717) is 23.3 Å². The zero-order valence-corrected chi connectivity index (χ0v) is 16.6. The van der Waals surface area contributed by atoms with Gasteiger partial charge < -0.3 is 20.1 Å². The average molecular weight is 382 g/mol. The third-order valence-electron chi connectivity index (χ3n) is 3.93. The molecule has 0 bridgehead atoms. The molecule has 0 radical (unpaired) electrons. The Morgan fingerprint density at radius 1 is 1.12 bits per heavy atom. The summed E-state index contributed by atoms with van der Waals surface area (Å²) in [6, 6.07) is 10.3. The molecule has 2 N–H and O–H groups in total. The monoisotopic (exact) mass is 381 g/mol. The number of hydrogen-bond acceptors (Lipinski definition) is 2. The molecule has 0 fully saturated rings. The van der Waals surface area contributed by atoms with E-state index in [1.54, 1.807) is 7.05 Å². The molecule has 1 aromatic carbocycles. The lowest BCUT2D eigenvalue weighted by Gasteiger charge is -2.16. The van der Waals surface area contributed by atoms with Crippen molar-refractivity contribution in [1.29, 1.82) is 0 Å². The van der Waals surface area contributed by atoms with Gasteiger partial charge in [-0.3, -0.25) is 4.99 Å². The Morgan fingerprint density at radius 3 is 2.32 bits per heavy atom. The molecule has 0 saturated carbocycles. The highest BCUT2D eigenvalue weighted by Crippen LogP contribution is 2.24. The van der Waals surface area contributed by atoms with E-state index in [4.69, 9.17) is 23.2 Å². The summed E-state index contributed by atoms with van der Waals surface area (Å²) in [6.07, 6.45) is 0. The molecule has 1 heterocycles. The molecule has 0 spiro atoms. The topological polar surface area (TPSA) is 44.6 Å². The van der Waals surface area contributed by atoms with Crippen LogP contribution in [0.1, 0.15) is 16.8 Å². The van der Waals surface area contributed by atoms with Crippen LogP contribution < -0.4 is 10.6 Å². The van der Waals surface area contributed by atoms with Gasteiger partial charge in [-0.1, -0.05) is 47.5 Å². The Labute approximate surface area is 159 Å². The van der Waals surface area contributed by atoms with E-state index >= 15 is 0 Å². The lowest BCUT2D eigenvalue weighted by Crippen LogP contribution is -2.37. The minimum Gasteiger partial charge on any atom is -0.352 e. The van der Waals surface area contributed by atoms with Gasteiger partial charge in [0.05, 0.1) is 11.6 Å². The van der Waals surface area contributed by atoms with Crippen molar-refractivity contribution in [3.63, 3.8) is 0 Å². The lowest BCUT2D eigenvalue weighted by molar-refractivity contribution is 0.400. The van der Waals surface area contributed by atoms with Crippen LogP contribution in [0.25, 0.3) is 0 Å². The highest BCUT2D eigenvalue weighted by molar-refractivity contribution is 6.41. The molecule has 0 aliphatic rings. The van der Waals surface area contributed by atoms with Crippen LogP contribution in [0, 0.1) is 0 Å². The number of aromatic nitrogens is 1. The summed E-state index contributed by atoms with van der Waals surface area (Å²) in [5.41, 5.74) is 3.55. The first-order valence-electron chi connectivity index (χ1n) is 8.08. The molecule has 7 heteroatoms. The van der Waals surface area contributed by atoms with E-state index in [9.17, 15) is 0 Å². The van der Waals surface area contributed by atoms with Crippen molar-refractivity contribution in [3.8, 4) is 0 Å². The van der Waals surface area contributed by atoms with Gasteiger partial charge in [0.1, 0.15) is 5.15 Å². The first-order valence-corrected chi connectivity index (χ1v) is 8.83. The van der Waals surface area contributed by atoms with E-state index in [1.165, 1.54) is 11.1 Å². The van der Waals surface area contributed by atoms with E-state index < -0.39 is 0 Å². The van der Waals surface area contributed by atoms with E-state index in [2.05, 4.69) is 58.9 Å². The van der Waals surface area contributed by atoms with E-state index in [0.717, 1.165) is 18.2 Å². The molecule has 136 valence electrons. The van der Waals surface area contributed by atoms with Crippen molar-refractivity contribution < 1.29 is 0 Å². The van der Waals surface area contributed by atoms with Crippen LogP contribution in [0.3, 0.4) is 0 Å². The van der Waals surface area contributed by atoms with Crippen LogP contribution in [0.2, 0.25) is 10.2 Å². The van der Waals surface area contributed by atoms with E-state index in [-0.39, 0.29) is 0 Å². The largest absolute Gasteiger partial charge is 0.352 e. The molecule has 0 unspecified atom stereocenters. The molecule has 0 aliphatic carbocycles. The summed E-state index contributed by atoms with van der Waals surface area (Å²) in [6.45, 7) is 2.20. The second-order valence-corrected chi connectivity index (χ2v) is 6.88. The Balaban J connectivity index is 1.96. The number of nitrogens with zero attached hydrogens (tertiary/aromatic N) is 3. The van der Waals surface area contributed by atoms with Crippen LogP contribution in [0.5, 0.6) is 0 Å². The summed E-state index contributed by atoms with van der Waals surface area (Å²) >= 11 is 12.2. The van der Waals surface area contributed by atoms with Crippen LogP contribution >= 0.6 is 23.2 Å². The SMILES string of the molecule is CN=C(NCc1ccccc1CN(C)C)NCc1cc(Cl)c(Cl)n1C. The predicted octanol–water partition coefficient (Wildman–Crippen LogP) is 3.26. The van der Waals surface area contributed by atoms with Gasteiger partial charge in [0.2, 0.25) is 0 Å². The zero-order valence-electron chi connectivity index (χ0n) is 15.1. The van der Waals surface area contributed by atoms with Crippen LogP contribution in [0.15, 0.2) is 35.3 Å². The maximum atomic E-state index is 6.10. The fraction of sp³-hybridized carbons (Fsp3) is 0.389. The van der Waals surface area contributed by atoms with Gasteiger partial charge >= 0.3 is 0 Å². The number of benzene rings is 1. The summed E-state index contributed by atoms with van der Waals surface area (Å²) in [5, 5.41) is 7.74. The Hall–Kier alpha value is -1.69. The number of nitrogens with one attached hydrogen (secondary N) is 2. The fourth-order valence-corrected chi connectivity index (χ4v) is 2.97. The zero-order chi connectivity index (χ0) is 18.4. The predicted molar refractivity (Wildman–Crippen MR) is 106 cm³/mol. The molecule has 1 aromatic heterocycles. The second kappa shape index (κ2) is 9.13. The number of halogens is 2. The first-order chi connectivity index (χ1) is 11.9. The van der Waals surface area contributed by atoms with Gasteiger partial charge in [-0.05, 0) is 31.3 Å². The van der Waals surface area contributed by atoms with Gasteiger partial charge in [-0.25, -0.2) is 0 Å². The lowest BCUT2D eigenvalue weighted by atomic mass is 10.1. The molecule has 0 aliphatic heterocycles. The van der Waals surface area contributed by atoms with Gasteiger partial charge in [-0.15, -0.1) is 0 Å². The molecule has 5 nitrogen and oxygen atoms in total. The van der Waals surface area contributed by atoms with Gasteiger partial charge in [-0.2, -0.15) is 0 Å². The summed E-state index contributed by atoms with van der Waals surface area (Å²) in [4.78, 5) is 6.44. The summed E-state index contributed by atoms with van der Waals surface area (Å²) in [7, 11) is 7.78. The summed E-state index contributed by atoms with van der Waals surface area (Å²) < 4.78 is 1.86. The summed E-state index contributed by atoms with van der Waals surface area (Å²) in [5.74, 6) is 0.730. The molecular weight excluding hydrogens is 357 g/mol.